The van der Waals surface area contributed by atoms with Crippen LogP contribution in [0.1, 0.15) is 58.6 Å². The fourth-order valence-electron chi connectivity index (χ4n) is 6.88. The van der Waals surface area contributed by atoms with Crippen molar-refractivity contribution >= 4 is 33.1 Å². The zero-order chi connectivity index (χ0) is 25.3. The highest BCUT2D eigenvalue weighted by atomic mass is 32.1. The van der Waals surface area contributed by atoms with E-state index in [1.165, 1.54) is 55.5 Å². The standard InChI is InChI=1S/C33H28N2OS/c1-19-15-16-24(22-11-5-4-10-21(19)22)28-18-37-32(34-28)35-31(36)33(3)17-27-23-12-6-7-13-25(23)30(33)26-14-8-9-20(2)29(26)27/h4-16,18,27,30H,17H2,1-3H3,(H,34,35,36). The quantitative estimate of drug-likeness (QED) is 0.271. The van der Waals surface area contributed by atoms with E-state index in [4.69, 9.17) is 4.98 Å². The zero-order valence-corrected chi connectivity index (χ0v) is 22.0. The molecule has 1 heterocycles. The van der Waals surface area contributed by atoms with Crippen molar-refractivity contribution in [3.05, 3.63) is 118 Å². The lowest BCUT2D eigenvalue weighted by molar-refractivity contribution is -0.126. The Balaban J connectivity index is 1.25. The van der Waals surface area contributed by atoms with E-state index in [2.05, 4.69) is 110 Å². The van der Waals surface area contributed by atoms with Gasteiger partial charge in [-0.25, -0.2) is 4.98 Å². The van der Waals surface area contributed by atoms with Gasteiger partial charge in [0.1, 0.15) is 0 Å². The molecule has 5 aromatic rings. The summed E-state index contributed by atoms with van der Waals surface area (Å²) in [6.45, 7) is 6.48. The van der Waals surface area contributed by atoms with Crippen LogP contribution >= 0.6 is 11.3 Å². The van der Waals surface area contributed by atoms with E-state index in [1.54, 1.807) is 0 Å². The molecule has 1 N–H and O–H groups in total. The molecule has 3 aliphatic carbocycles. The number of hydrogen-bond acceptors (Lipinski definition) is 3. The maximum atomic E-state index is 14.0. The van der Waals surface area contributed by atoms with Crippen molar-refractivity contribution in [2.24, 2.45) is 5.41 Å². The molecule has 1 aromatic heterocycles. The maximum absolute atomic E-state index is 14.0. The third-order valence-electron chi connectivity index (χ3n) is 8.63. The molecule has 182 valence electrons. The minimum Gasteiger partial charge on any atom is -0.301 e. The molecule has 0 saturated heterocycles. The molecule has 37 heavy (non-hydrogen) atoms. The molecule has 0 saturated carbocycles. The maximum Gasteiger partial charge on any atom is 0.233 e. The Kier molecular flexibility index (Phi) is 4.93. The Morgan fingerprint density at radius 2 is 1.59 bits per heavy atom. The minimum atomic E-state index is -0.553. The van der Waals surface area contributed by atoms with Gasteiger partial charge < -0.3 is 5.32 Å². The van der Waals surface area contributed by atoms with Gasteiger partial charge >= 0.3 is 0 Å². The third-order valence-corrected chi connectivity index (χ3v) is 9.38. The number of amides is 1. The second kappa shape index (κ2) is 8.12. The molecular formula is C33H28N2OS. The molecule has 1 amide bonds. The lowest BCUT2D eigenvalue weighted by Gasteiger charge is -2.51. The van der Waals surface area contributed by atoms with Crippen LogP contribution in [0.3, 0.4) is 0 Å². The van der Waals surface area contributed by atoms with Crippen LogP contribution in [0.2, 0.25) is 0 Å². The number of fused-ring (bicyclic) bond motifs is 2. The van der Waals surface area contributed by atoms with Gasteiger partial charge in [-0.2, -0.15) is 0 Å². The summed E-state index contributed by atoms with van der Waals surface area (Å²) in [4.78, 5) is 18.9. The van der Waals surface area contributed by atoms with Crippen LogP contribution in [0.25, 0.3) is 22.0 Å². The highest BCUT2D eigenvalue weighted by molar-refractivity contribution is 7.14. The lowest BCUT2D eigenvalue weighted by Crippen LogP contribution is -2.47. The van der Waals surface area contributed by atoms with Crippen LogP contribution < -0.4 is 5.32 Å². The van der Waals surface area contributed by atoms with Gasteiger partial charge in [0.25, 0.3) is 0 Å². The highest BCUT2D eigenvalue weighted by Crippen LogP contribution is 2.61. The molecular weight excluding hydrogens is 472 g/mol. The van der Waals surface area contributed by atoms with Crippen molar-refractivity contribution in [2.45, 2.75) is 39.0 Å². The largest absolute Gasteiger partial charge is 0.301 e. The third kappa shape index (κ3) is 3.25. The van der Waals surface area contributed by atoms with Crippen LogP contribution in [0, 0.1) is 19.3 Å². The summed E-state index contributed by atoms with van der Waals surface area (Å²) in [7, 11) is 0. The number of carbonyl (C=O) groups excluding carboxylic acids is 1. The molecule has 0 radical (unpaired) electrons. The van der Waals surface area contributed by atoms with E-state index in [9.17, 15) is 4.79 Å². The van der Waals surface area contributed by atoms with Gasteiger partial charge in [0.05, 0.1) is 11.1 Å². The first-order valence-corrected chi connectivity index (χ1v) is 13.8. The lowest BCUT2D eigenvalue weighted by atomic mass is 9.52. The first-order valence-electron chi connectivity index (χ1n) is 12.9. The fraction of sp³-hybridized carbons (Fsp3) is 0.212. The smallest absolute Gasteiger partial charge is 0.233 e. The summed E-state index contributed by atoms with van der Waals surface area (Å²) in [5, 5.41) is 8.36. The van der Waals surface area contributed by atoms with Gasteiger partial charge in [-0.05, 0) is 71.3 Å². The Hall–Kier alpha value is -3.76. The van der Waals surface area contributed by atoms with Crippen molar-refractivity contribution in [3.8, 4) is 11.3 Å². The van der Waals surface area contributed by atoms with Gasteiger partial charge in [-0.3, -0.25) is 4.79 Å². The molecule has 3 unspecified atom stereocenters. The number of nitrogens with zero attached hydrogens (tertiary/aromatic N) is 1. The monoisotopic (exact) mass is 500 g/mol. The van der Waals surface area contributed by atoms with Crippen molar-refractivity contribution in [3.63, 3.8) is 0 Å². The van der Waals surface area contributed by atoms with Crippen LogP contribution in [0.4, 0.5) is 5.13 Å². The summed E-state index contributed by atoms with van der Waals surface area (Å²) in [6.07, 6.45) is 0.805. The molecule has 0 fully saturated rings. The number of hydrogen-bond donors (Lipinski definition) is 1. The normalized spacial score (nSPS) is 21.5. The number of thiazole rings is 1. The van der Waals surface area contributed by atoms with Crippen LogP contribution in [0.5, 0.6) is 0 Å². The molecule has 4 aromatic carbocycles. The number of aromatic nitrogens is 1. The van der Waals surface area contributed by atoms with Crippen molar-refractivity contribution in [1.29, 1.82) is 0 Å². The average Bonchev–Trinajstić information content (AvgIpc) is 3.37. The van der Waals surface area contributed by atoms with Gasteiger partial charge in [-0.1, -0.05) is 78.9 Å². The summed E-state index contributed by atoms with van der Waals surface area (Å²) in [6, 6.07) is 28.0. The first kappa shape index (κ1) is 22.4. The van der Waals surface area contributed by atoms with E-state index in [1.807, 2.05) is 0 Å². The van der Waals surface area contributed by atoms with Crippen LogP contribution in [-0.2, 0) is 4.79 Å². The van der Waals surface area contributed by atoms with Crippen molar-refractivity contribution in [1.82, 2.24) is 4.98 Å². The van der Waals surface area contributed by atoms with E-state index in [-0.39, 0.29) is 17.7 Å². The van der Waals surface area contributed by atoms with Crippen LogP contribution in [0.15, 0.2) is 84.2 Å². The summed E-state index contributed by atoms with van der Waals surface area (Å²) >= 11 is 1.50. The molecule has 0 aliphatic heterocycles. The molecule has 3 aliphatic rings. The van der Waals surface area contributed by atoms with E-state index in [0.717, 1.165) is 17.7 Å². The van der Waals surface area contributed by atoms with Gasteiger partial charge in [-0.15, -0.1) is 11.3 Å². The Morgan fingerprint density at radius 1 is 0.865 bits per heavy atom. The summed E-state index contributed by atoms with van der Waals surface area (Å²) in [5.41, 5.74) is 9.40. The topological polar surface area (TPSA) is 42.0 Å². The number of nitrogens with one attached hydrogen (secondary N) is 1. The molecule has 3 atom stereocenters. The highest BCUT2D eigenvalue weighted by Gasteiger charge is 2.54. The molecule has 4 heteroatoms. The van der Waals surface area contributed by atoms with E-state index in [0.29, 0.717) is 5.13 Å². The molecule has 2 bridgehead atoms. The van der Waals surface area contributed by atoms with Crippen molar-refractivity contribution in [2.75, 3.05) is 5.32 Å². The van der Waals surface area contributed by atoms with Gasteiger partial charge in [0.15, 0.2) is 5.13 Å². The van der Waals surface area contributed by atoms with E-state index >= 15 is 0 Å². The predicted molar refractivity (Wildman–Crippen MR) is 152 cm³/mol. The molecule has 8 rings (SSSR count). The predicted octanol–water partition coefficient (Wildman–Crippen LogP) is 8.21. The summed E-state index contributed by atoms with van der Waals surface area (Å²) in [5.74, 6) is 0.321. The number of benzene rings is 4. The minimum absolute atomic E-state index is 0.0316. The Morgan fingerprint density at radius 3 is 2.43 bits per heavy atom. The van der Waals surface area contributed by atoms with Gasteiger partial charge in [0, 0.05) is 22.8 Å². The summed E-state index contributed by atoms with van der Waals surface area (Å²) < 4.78 is 0. The Labute approximate surface area is 221 Å². The first-order chi connectivity index (χ1) is 18.0. The second-order valence-electron chi connectivity index (χ2n) is 10.8. The molecule has 0 spiro atoms. The second-order valence-corrected chi connectivity index (χ2v) is 11.6. The Bertz CT molecular complexity index is 1720. The number of aryl methyl sites for hydroxylation is 2. The molecule has 3 nitrogen and oxygen atoms in total. The number of rotatable bonds is 3. The number of anilines is 1. The van der Waals surface area contributed by atoms with Gasteiger partial charge in [0.2, 0.25) is 5.91 Å². The zero-order valence-electron chi connectivity index (χ0n) is 21.2. The average molecular weight is 501 g/mol. The fourth-order valence-corrected chi connectivity index (χ4v) is 7.58. The SMILES string of the molecule is Cc1cccc2c1C1CC(C)(C(=O)Nc3nc(-c4ccc(C)c5ccccc45)cs3)C2c2ccccc21. The van der Waals surface area contributed by atoms with Crippen LogP contribution in [-0.4, -0.2) is 10.9 Å². The number of carbonyl (C=O) groups is 1. The van der Waals surface area contributed by atoms with Crippen molar-refractivity contribution < 1.29 is 4.79 Å². The van der Waals surface area contributed by atoms with E-state index < -0.39 is 5.41 Å².